The Balaban J connectivity index is 2.24. The molecule has 1 saturated carbocycles. The first-order valence-electron chi connectivity index (χ1n) is 6.34. The zero-order valence-electron chi connectivity index (χ0n) is 10.2. The smallest absolute Gasteiger partial charge is 0.128 e. The maximum absolute atomic E-state index is 13.9. The van der Waals surface area contributed by atoms with Crippen molar-refractivity contribution in [2.24, 2.45) is 5.92 Å². The standard InChI is InChI=1S/C14H19ClFN/c1-17-14(10-5-3-2-4-6-10)12-9-11(15)7-8-13(12)16/h7-10,14,17H,2-6H2,1H3. The Labute approximate surface area is 107 Å². The van der Waals surface area contributed by atoms with E-state index in [9.17, 15) is 4.39 Å². The van der Waals surface area contributed by atoms with E-state index in [2.05, 4.69) is 5.32 Å². The van der Waals surface area contributed by atoms with Crippen molar-refractivity contribution >= 4 is 11.6 Å². The molecule has 3 heteroatoms. The average molecular weight is 256 g/mol. The molecule has 0 bridgehead atoms. The van der Waals surface area contributed by atoms with E-state index < -0.39 is 0 Å². The number of benzene rings is 1. The Morgan fingerprint density at radius 3 is 2.65 bits per heavy atom. The van der Waals surface area contributed by atoms with Crippen LogP contribution in [0, 0.1) is 11.7 Å². The fourth-order valence-corrected chi connectivity index (χ4v) is 3.05. The highest BCUT2D eigenvalue weighted by atomic mass is 35.5. The molecule has 0 heterocycles. The molecule has 0 saturated heterocycles. The minimum Gasteiger partial charge on any atom is -0.313 e. The van der Waals surface area contributed by atoms with Gasteiger partial charge in [-0.05, 0) is 44.0 Å². The van der Waals surface area contributed by atoms with Gasteiger partial charge in [-0.2, -0.15) is 0 Å². The van der Waals surface area contributed by atoms with E-state index in [-0.39, 0.29) is 11.9 Å². The van der Waals surface area contributed by atoms with Crippen molar-refractivity contribution < 1.29 is 4.39 Å². The largest absolute Gasteiger partial charge is 0.313 e. The summed E-state index contributed by atoms with van der Waals surface area (Å²) in [5, 5.41) is 3.87. The normalized spacial score (nSPS) is 19.2. The second-order valence-electron chi connectivity index (χ2n) is 4.83. The Kier molecular flexibility index (Phi) is 4.41. The van der Waals surface area contributed by atoms with Gasteiger partial charge in [0.2, 0.25) is 0 Å². The molecule has 0 aromatic heterocycles. The summed E-state index contributed by atoms with van der Waals surface area (Å²) in [6.45, 7) is 0. The van der Waals surface area contributed by atoms with E-state index in [4.69, 9.17) is 11.6 Å². The van der Waals surface area contributed by atoms with Crippen molar-refractivity contribution in [3.05, 3.63) is 34.6 Å². The summed E-state index contributed by atoms with van der Waals surface area (Å²) < 4.78 is 13.9. The van der Waals surface area contributed by atoms with Gasteiger partial charge in [0.1, 0.15) is 5.82 Å². The highest BCUT2D eigenvalue weighted by Gasteiger charge is 2.25. The third-order valence-electron chi connectivity index (χ3n) is 3.73. The predicted molar refractivity (Wildman–Crippen MR) is 69.8 cm³/mol. The molecule has 1 aliphatic carbocycles. The van der Waals surface area contributed by atoms with E-state index in [1.807, 2.05) is 7.05 Å². The van der Waals surface area contributed by atoms with Crippen LogP contribution in [-0.2, 0) is 0 Å². The monoisotopic (exact) mass is 255 g/mol. The van der Waals surface area contributed by atoms with Crippen molar-refractivity contribution in [2.75, 3.05) is 7.05 Å². The molecule has 0 radical (unpaired) electrons. The van der Waals surface area contributed by atoms with Crippen LogP contribution >= 0.6 is 11.6 Å². The van der Waals surface area contributed by atoms with E-state index in [0.717, 1.165) is 0 Å². The van der Waals surface area contributed by atoms with Gasteiger partial charge in [0.25, 0.3) is 0 Å². The van der Waals surface area contributed by atoms with Crippen molar-refractivity contribution in [2.45, 2.75) is 38.1 Å². The minimum absolute atomic E-state index is 0.0917. The summed E-state index contributed by atoms with van der Waals surface area (Å²) in [5.74, 6) is 0.376. The second-order valence-corrected chi connectivity index (χ2v) is 5.27. The maximum Gasteiger partial charge on any atom is 0.128 e. The number of hydrogen-bond donors (Lipinski definition) is 1. The Bertz CT molecular complexity index is 374. The molecule has 1 aromatic rings. The molecule has 17 heavy (non-hydrogen) atoms. The van der Waals surface area contributed by atoms with Gasteiger partial charge in [0.15, 0.2) is 0 Å². The molecule has 1 aliphatic rings. The third kappa shape index (κ3) is 2.99. The van der Waals surface area contributed by atoms with Crippen LogP contribution in [0.4, 0.5) is 4.39 Å². The van der Waals surface area contributed by atoms with Gasteiger partial charge in [-0.1, -0.05) is 30.9 Å². The van der Waals surface area contributed by atoms with Gasteiger partial charge < -0.3 is 5.32 Å². The number of hydrogen-bond acceptors (Lipinski definition) is 1. The summed E-state index contributed by atoms with van der Waals surface area (Å²) >= 11 is 5.96. The highest BCUT2D eigenvalue weighted by molar-refractivity contribution is 6.30. The number of halogens is 2. The van der Waals surface area contributed by atoms with Crippen LogP contribution in [0.3, 0.4) is 0 Å². The summed E-state index contributed by atoms with van der Waals surface area (Å²) in [7, 11) is 1.90. The van der Waals surface area contributed by atoms with Gasteiger partial charge in [0, 0.05) is 16.6 Å². The van der Waals surface area contributed by atoms with Crippen LogP contribution in [-0.4, -0.2) is 7.05 Å². The fourth-order valence-electron chi connectivity index (χ4n) is 2.87. The summed E-state index contributed by atoms with van der Waals surface area (Å²) in [6.07, 6.45) is 6.18. The van der Waals surface area contributed by atoms with Crippen LogP contribution in [0.15, 0.2) is 18.2 Å². The molecule has 0 aliphatic heterocycles. The van der Waals surface area contributed by atoms with Crippen LogP contribution < -0.4 is 5.32 Å². The van der Waals surface area contributed by atoms with E-state index >= 15 is 0 Å². The van der Waals surface area contributed by atoms with E-state index in [1.54, 1.807) is 12.1 Å². The predicted octanol–water partition coefficient (Wildman–Crippen LogP) is 4.32. The summed E-state index contributed by atoms with van der Waals surface area (Å²) in [4.78, 5) is 0. The Morgan fingerprint density at radius 2 is 2.00 bits per heavy atom. The second kappa shape index (κ2) is 5.83. The quantitative estimate of drug-likeness (QED) is 0.848. The lowest BCUT2D eigenvalue weighted by molar-refractivity contribution is 0.277. The van der Waals surface area contributed by atoms with Crippen LogP contribution in [0.25, 0.3) is 0 Å². The minimum atomic E-state index is -0.153. The van der Waals surface area contributed by atoms with Crippen molar-refractivity contribution in [1.82, 2.24) is 5.32 Å². The first kappa shape index (κ1) is 12.8. The molecule has 2 rings (SSSR count). The molecule has 1 nitrogen and oxygen atoms in total. The first-order chi connectivity index (χ1) is 8.22. The maximum atomic E-state index is 13.9. The van der Waals surface area contributed by atoms with Crippen LogP contribution in [0.1, 0.15) is 43.7 Å². The topological polar surface area (TPSA) is 12.0 Å². The van der Waals surface area contributed by atoms with E-state index in [0.29, 0.717) is 16.5 Å². The molecular weight excluding hydrogens is 237 g/mol. The van der Waals surface area contributed by atoms with Crippen molar-refractivity contribution in [3.63, 3.8) is 0 Å². The molecular formula is C14H19ClFN. The highest BCUT2D eigenvalue weighted by Crippen LogP contribution is 2.35. The van der Waals surface area contributed by atoms with Gasteiger partial charge in [0.05, 0.1) is 0 Å². The van der Waals surface area contributed by atoms with Crippen LogP contribution in [0.5, 0.6) is 0 Å². The molecule has 1 N–H and O–H groups in total. The number of rotatable bonds is 3. The fraction of sp³-hybridized carbons (Fsp3) is 0.571. The lowest BCUT2D eigenvalue weighted by Crippen LogP contribution is -2.27. The molecule has 0 spiro atoms. The Morgan fingerprint density at radius 1 is 1.29 bits per heavy atom. The van der Waals surface area contributed by atoms with Gasteiger partial charge in [-0.25, -0.2) is 4.39 Å². The first-order valence-corrected chi connectivity index (χ1v) is 6.72. The molecule has 1 unspecified atom stereocenters. The molecule has 1 fully saturated rings. The summed E-state index contributed by atoms with van der Waals surface area (Å²) in [5.41, 5.74) is 0.715. The summed E-state index contributed by atoms with van der Waals surface area (Å²) in [6, 6.07) is 4.92. The zero-order valence-corrected chi connectivity index (χ0v) is 10.9. The lowest BCUT2D eigenvalue weighted by Gasteiger charge is -2.30. The van der Waals surface area contributed by atoms with Crippen molar-refractivity contribution in [3.8, 4) is 0 Å². The number of nitrogens with one attached hydrogen (secondary N) is 1. The van der Waals surface area contributed by atoms with E-state index in [1.165, 1.54) is 38.2 Å². The SMILES string of the molecule is CNC(c1cc(Cl)ccc1F)C1CCCCC1. The molecule has 1 atom stereocenters. The molecule has 94 valence electrons. The molecule has 1 aromatic carbocycles. The Hall–Kier alpha value is -0.600. The van der Waals surface area contributed by atoms with Gasteiger partial charge in [-0.15, -0.1) is 0 Å². The van der Waals surface area contributed by atoms with Crippen LogP contribution in [0.2, 0.25) is 5.02 Å². The lowest BCUT2D eigenvalue weighted by atomic mass is 9.81. The van der Waals surface area contributed by atoms with Gasteiger partial charge in [-0.3, -0.25) is 0 Å². The average Bonchev–Trinajstić information content (AvgIpc) is 2.36. The molecule has 0 amide bonds. The van der Waals surface area contributed by atoms with Gasteiger partial charge >= 0.3 is 0 Å². The third-order valence-corrected chi connectivity index (χ3v) is 3.96. The zero-order chi connectivity index (χ0) is 12.3. The van der Waals surface area contributed by atoms with Crippen molar-refractivity contribution in [1.29, 1.82) is 0 Å².